The topological polar surface area (TPSA) is 41.1 Å². The molecule has 3 aromatic rings. The lowest BCUT2D eigenvalue weighted by Crippen LogP contribution is -2.32. The molecule has 1 aliphatic heterocycles. The fourth-order valence-electron chi connectivity index (χ4n) is 4.65. The standard InChI is InChI=1S/C23H25BrN4/c24-21-5-3-4-18-15-25-23(27-22(18)21)26-19-9-6-16-7-10-20(11-8-17(16)14-19)28-12-1-2-13-28/h3-6,9,14-15,20H,1-2,7-8,10-13H2,(H,25,26,27)/t20-/m0/s1. The number of likely N-dealkylation sites (tertiary alicyclic amines) is 1. The Morgan fingerprint density at radius 3 is 2.68 bits per heavy atom. The van der Waals surface area contributed by atoms with Crippen molar-refractivity contribution in [3.05, 3.63) is 58.2 Å². The fourth-order valence-corrected chi connectivity index (χ4v) is 5.12. The summed E-state index contributed by atoms with van der Waals surface area (Å²) in [6, 6.07) is 13.6. The molecule has 4 nitrogen and oxygen atoms in total. The van der Waals surface area contributed by atoms with Gasteiger partial charge in [0.25, 0.3) is 0 Å². The number of hydrogen-bond acceptors (Lipinski definition) is 4. The molecule has 0 unspecified atom stereocenters. The van der Waals surface area contributed by atoms with E-state index in [1.54, 1.807) is 0 Å². The second kappa shape index (κ2) is 7.80. The molecule has 1 saturated heterocycles. The number of fused-ring (bicyclic) bond motifs is 2. The Bertz CT molecular complexity index is 997. The maximum atomic E-state index is 4.69. The van der Waals surface area contributed by atoms with Gasteiger partial charge in [0.05, 0.1) is 5.52 Å². The molecule has 5 heteroatoms. The second-order valence-corrected chi connectivity index (χ2v) is 8.81. The zero-order chi connectivity index (χ0) is 18.9. The van der Waals surface area contributed by atoms with E-state index in [1.807, 2.05) is 24.4 Å². The van der Waals surface area contributed by atoms with Crippen LogP contribution < -0.4 is 5.32 Å². The van der Waals surface area contributed by atoms with Crippen LogP contribution in [0.25, 0.3) is 10.9 Å². The zero-order valence-corrected chi connectivity index (χ0v) is 17.6. The van der Waals surface area contributed by atoms with Crippen LogP contribution in [-0.4, -0.2) is 34.0 Å². The summed E-state index contributed by atoms with van der Waals surface area (Å²) in [7, 11) is 0. The van der Waals surface area contributed by atoms with E-state index in [0.29, 0.717) is 5.95 Å². The van der Waals surface area contributed by atoms with Gasteiger partial charge in [-0.1, -0.05) is 18.2 Å². The summed E-state index contributed by atoms with van der Waals surface area (Å²) in [5, 5.41) is 4.44. The molecule has 5 rings (SSSR count). The highest BCUT2D eigenvalue weighted by atomic mass is 79.9. The summed E-state index contributed by atoms with van der Waals surface area (Å²) < 4.78 is 0.991. The normalized spacial score (nSPS) is 20.1. The third kappa shape index (κ3) is 3.65. The van der Waals surface area contributed by atoms with E-state index in [2.05, 4.69) is 54.3 Å². The van der Waals surface area contributed by atoms with Gasteiger partial charge in [0.2, 0.25) is 5.95 Å². The molecule has 1 aromatic heterocycles. The first-order valence-corrected chi connectivity index (χ1v) is 11.1. The Morgan fingerprint density at radius 2 is 1.82 bits per heavy atom. The van der Waals surface area contributed by atoms with E-state index in [4.69, 9.17) is 0 Å². The minimum Gasteiger partial charge on any atom is -0.324 e. The second-order valence-electron chi connectivity index (χ2n) is 7.95. The highest BCUT2D eigenvalue weighted by molar-refractivity contribution is 9.10. The summed E-state index contributed by atoms with van der Waals surface area (Å²) in [5.74, 6) is 0.642. The van der Waals surface area contributed by atoms with Gasteiger partial charge in [-0.25, -0.2) is 9.97 Å². The van der Waals surface area contributed by atoms with Gasteiger partial charge in [0.1, 0.15) is 0 Å². The molecule has 1 N–H and O–H groups in total. The number of hydrogen-bond donors (Lipinski definition) is 1. The molecule has 0 saturated carbocycles. The number of rotatable bonds is 3. The maximum absolute atomic E-state index is 4.69. The Morgan fingerprint density at radius 1 is 1.00 bits per heavy atom. The van der Waals surface area contributed by atoms with Gasteiger partial charge < -0.3 is 10.2 Å². The predicted molar refractivity (Wildman–Crippen MR) is 118 cm³/mol. The van der Waals surface area contributed by atoms with Gasteiger partial charge in [-0.15, -0.1) is 0 Å². The molecular weight excluding hydrogens is 412 g/mol. The first kappa shape index (κ1) is 18.1. The minimum absolute atomic E-state index is 0.642. The first-order chi connectivity index (χ1) is 13.8. The van der Waals surface area contributed by atoms with Crippen molar-refractivity contribution in [3.63, 3.8) is 0 Å². The van der Waals surface area contributed by atoms with E-state index in [1.165, 1.54) is 56.3 Å². The fraction of sp³-hybridized carbons (Fsp3) is 0.391. The van der Waals surface area contributed by atoms with Crippen LogP contribution in [0.15, 0.2) is 47.1 Å². The van der Waals surface area contributed by atoms with Crippen molar-refractivity contribution < 1.29 is 0 Å². The van der Waals surface area contributed by atoms with Crippen LogP contribution in [0, 0.1) is 0 Å². The van der Waals surface area contributed by atoms with Crippen LogP contribution >= 0.6 is 15.9 Å². The Balaban J connectivity index is 1.35. The van der Waals surface area contributed by atoms with Crippen molar-refractivity contribution in [2.24, 2.45) is 0 Å². The average molecular weight is 437 g/mol. The molecule has 0 radical (unpaired) electrons. The van der Waals surface area contributed by atoms with Gasteiger partial charge in [0.15, 0.2) is 0 Å². The lowest BCUT2D eigenvalue weighted by Gasteiger charge is -2.25. The van der Waals surface area contributed by atoms with Crippen LogP contribution in [0.5, 0.6) is 0 Å². The van der Waals surface area contributed by atoms with Gasteiger partial charge in [-0.2, -0.15) is 0 Å². The molecule has 1 atom stereocenters. The lowest BCUT2D eigenvalue weighted by atomic mass is 10.0. The molecular formula is C23H25BrN4. The number of anilines is 2. The van der Waals surface area contributed by atoms with Crippen LogP contribution in [0.1, 0.15) is 36.8 Å². The number of benzene rings is 2. The molecule has 2 heterocycles. The zero-order valence-electron chi connectivity index (χ0n) is 16.0. The van der Waals surface area contributed by atoms with Crippen molar-refractivity contribution in [1.29, 1.82) is 0 Å². The Labute approximate surface area is 174 Å². The molecule has 2 aliphatic rings. The van der Waals surface area contributed by atoms with E-state index < -0.39 is 0 Å². The van der Waals surface area contributed by atoms with Crippen LogP contribution in [-0.2, 0) is 12.8 Å². The largest absolute Gasteiger partial charge is 0.324 e. The first-order valence-electron chi connectivity index (χ1n) is 10.3. The maximum Gasteiger partial charge on any atom is 0.227 e. The smallest absolute Gasteiger partial charge is 0.227 e. The van der Waals surface area contributed by atoms with Crippen LogP contribution in [0.4, 0.5) is 11.6 Å². The molecule has 2 aromatic carbocycles. The highest BCUT2D eigenvalue weighted by Crippen LogP contribution is 2.29. The monoisotopic (exact) mass is 436 g/mol. The van der Waals surface area contributed by atoms with Crippen LogP contribution in [0.3, 0.4) is 0 Å². The molecule has 0 bridgehead atoms. The Kier molecular flexibility index (Phi) is 5.03. The van der Waals surface area contributed by atoms with E-state index >= 15 is 0 Å². The summed E-state index contributed by atoms with van der Waals surface area (Å²) in [6.07, 6.45) is 9.54. The third-order valence-electron chi connectivity index (χ3n) is 6.17. The van der Waals surface area contributed by atoms with Crippen molar-refractivity contribution in [3.8, 4) is 0 Å². The highest BCUT2D eigenvalue weighted by Gasteiger charge is 2.24. The minimum atomic E-state index is 0.642. The summed E-state index contributed by atoms with van der Waals surface area (Å²) in [5.41, 5.74) is 5.00. The van der Waals surface area contributed by atoms with Gasteiger partial charge >= 0.3 is 0 Å². The van der Waals surface area contributed by atoms with Crippen molar-refractivity contribution in [2.45, 2.75) is 44.6 Å². The number of nitrogens with one attached hydrogen (secondary N) is 1. The predicted octanol–water partition coefficient (Wildman–Crippen LogP) is 5.48. The van der Waals surface area contributed by atoms with E-state index in [0.717, 1.165) is 33.5 Å². The lowest BCUT2D eigenvalue weighted by molar-refractivity contribution is 0.222. The molecule has 144 valence electrons. The number of halogens is 1. The molecule has 1 aliphatic carbocycles. The molecule has 0 spiro atoms. The number of aromatic nitrogens is 2. The Hall–Kier alpha value is -1.98. The van der Waals surface area contributed by atoms with Crippen molar-refractivity contribution in [1.82, 2.24) is 14.9 Å². The van der Waals surface area contributed by atoms with Gasteiger partial charge in [-0.05, 0) is 96.9 Å². The van der Waals surface area contributed by atoms with E-state index in [9.17, 15) is 0 Å². The average Bonchev–Trinajstić information content (AvgIpc) is 3.16. The third-order valence-corrected chi connectivity index (χ3v) is 6.81. The number of aryl methyl sites for hydroxylation is 2. The summed E-state index contributed by atoms with van der Waals surface area (Å²) in [4.78, 5) is 11.9. The number of nitrogens with zero attached hydrogens (tertiary/aromatic N) is 3. The van der Waals surface area contributed by atoms with Gasteiger partial charge in [-0.3, -0.25) is 0 Å². The molecule has 0 amide bonds. The molecule has 1 fully saturated rings. The SMILES string of the molecule is Brc1cccc2cnc(Nc3ccc4c(c3)CC[C@@H](N3CCCC3)CC4)nc12. The number of para-hydroxylation sites is 1. The van der Waals surface area contributed by atoms with Crippen molar-refractivity contribution in [2.75, 3.05) is 18.4 Å². The summed E-state index contributed by atoms with van der Waals surface area (Å²) >= 11 is 3.59. The summed E-state index contributed by atoms with van der Waals surface area (Å²) in [6.45, 7) is 2.59. The quantitative estimate of drug-likeness (QED) is 0.551. The molecule has 28 heavy (non-hydrogen) atoms. The van der Waals surface area contributed by atoms with Crippen LogP contribution in [0.2, 0.25) is 0 Å². The van der Waals surface area contributed by atoms with Gasteiger partial charge in [0, 0.05) is 27.8 Å². The van der Waals surface area contributed by atoms with E-state index in [-0.39, 0.29) is 0 Å². The van der Waals surface area contributed by atoms with Crippen molar-refractivity contribution >= 4 is 38.5 Å².